The summed E-state index contributed by atoms with van der Waals surface area (Å²) in [6, 6.07) is 69.6. The lowest BCUT2D eigenvalue weighted by Crippen LogP contribution is -2.59. The third-order valence-corrected chi connectivity index (χ3v) is 40.5. The van der Waals surface area contributed by atoms with Gasteiger partial charge in [-0.1, -0.05) is 223 Å². The lowest BCUT2D eigenvalue weighted by Gasteiger charge is -2.75. The first-order valence-electron chi connectivity index (χ1n) is 27.9. The predicted molar refractivity (Wildman–Crippen MR) is 380 cm³/mol. The quantitative estimate of drug-likeness (QED) is 0.165. The molecule has 18 heteroatoms. The molecule has 4 heterocycles. The third-order valence-electron chi connectivity index (χ3n) is 18.5. The summed E-state index contributed by atoms with van der Waals surface area (Å²) in [4.78, 5) is 45.8. The summed E-state index contributed by atoms with van der Waals surface area (Å²) in [6.45, 7) is 4.92. The number of hydrazone groups is 3. The number of benzene rings is 9. The molecule has 4 aliphatic heterocycles. The molecule has 1 fully saturated rings. The number of carbonyl (C=O) groups is 3. The van der Waals surface area contributed by atoms with Crippen molar-refractivity contribution in [1.29, 1.82) is 0 Å². The van der Waals surface area contributed by atoms with Gasteiger partial charge in [0.25, 0.3) is 0 Å². The topological polar surface area (TPSA) is 98.0 Å². The molecule has 0 aromatic heterocycles. The zero-order valence-corrected chi connectivity index (χ0v) is 58.5. The van der Waals surface area contributed by atoms with Crippen LogP contribution in [0.4, 0.5) is 0 Å². The molecule has 6 spiro atoms. The smallest absolute Gasteiger partial charge is 0.242 e. The SMILES string of the molecule is CC(=O)N1N=C(c2ccccc2)C=P12C1(c3cc(Br)ccc3-c3ccc(Br)cc31)P1(=CC(c3ccccc3)=NN1C(C)=O)C1(c3cc(Br)ccc3-c3ccc(Br)cc31)P1(=CC(c3ccccc3)=NN1C(C)=O)C21c2cc(Br)ccc2-c2ccc(Br)cc21. The van der Waals surface area contributed by atoms with E-state index in [1.54, 1.807) is 20.8 Å². The van der Waals surface area contributed by atoms with Crippen LogP contribution in [0.1, 0.15) is 70.8 Å². The average molecular weight is 1580 g/mol. The van der Waals surface area contributed by atoms with Crippen molar-refractivity contribution in [2.24, 2.45) is 15.3 Å². The number of carbonyl (C=O) groups excluding carboxylic acids is 3. The zero-order valence-electron chi connectivity index (χ0n) is 46.3. The van der Waals surface area contributed by atoms with Crippen molar-refractivity contribution >= 4 is 169 Å². The van der Waals surface area contributed by atoms with Gasteiger partial charge in [-0.2, -0.15) is 15.3 Å². The highest BCUT2D eigenvalue weighted by molar-refractivity contribution is 9.11. The number of amides is 3. The Hall–Kier alpha value is -5.82. The summed E-state index contributed by atoms with van der Waals surface area (Å²) in [5.74, 6) is 6.26. The lowest BCUT2D eigenvalue weighted by molar-refractivity contribution is -0.124. The van der Waals surface area contributed by atoms with E-state index in [1.165, 1.54) is 0 Å². The van der Waals surface area contributed by atoms with E-state index in [-0.39, 0.29) is 17.7 Å². The van der Waals surface area contributed by atoms with Crippen LogP contribution in [0, 0.1) is 0 Å². The number of halogens is 6. The second-order valence-electron chi connectivity index (χ2n) is 22.6. The summed E-state index contributed by atoms with van der Waals surface area (Å²) < 4.78 is 10.5. The molecular weight excluding hydrogens is 1530 g/mol. The Morgan fingerprint density at radius 1 is 0.310 bits per heavy atom. The fraction of sp³-hybridized carbons (Fsp3) is 0.0870. The van der Waals surface area contributed by atoms with Crippen LogP contribution in [0.3, 0.4) is 0 Å². The average Bonchev–Trinajstić information content (AvgIpc) is 1.48. The molecule has 426 valence electrons. The molecular formula is C69H45Br6N6O3P3. The summed E-state index contributed by atoms with van der Waals surface area (Å²) in [5, 5.41) is 17.8. The molecule has 1 saturated heterocycles. The highest BCUT2D eigenvalue weighted by Crippen LogP contribution is 3.14. The van der Waals surface area contributed by atoms with Gasteiger partial charge >= 0.3 is 0 Å². The molecule has 3 amide bonds. The van der Waals surface area contributed by atoms with Gasteiger partial charge in [-0.3, -0.25) is 14.4 Å². The third kappa shape index (κ3) is 6.87. The second kappa shape index (κ2) is 19.8. The minimum absolute atomic E-state index is 0.315. The van der Waals surface area contributed by atoms with Crippen LogP contribution in [0.15, 0.2) is 242 Å². The summed E-state index contributed by atoms with van der Waals surface area (Å²) in [7, 11) is -13.2. The van der Waals surface area contributed by atoms with Gasteiger partial charge in [0.1, 0.15) is 14.7 Å². The van der Waals surface area contributed by atoms with E-state index >= 15 is 14.4 Å². The molecule has 0 radical (unpaired) electrons. The first-order chi connectivity index (χ1) is 42.0. The van der Waals surface area contributed by atoms with E-state index in [9.17, 15) is 0 Å². The van der Waals surface area contributed by atoms with Crippen molar-refractivity contribution in [3.05, 3.63) is 277 Å². The van der Waals surface area contributed by atoms with E-state index < -0.39 is 35.8 Å². The molecule has 0 unspecified atom stereocenters. The molecule has 16 rings (SSSR count). The maximum Gasteiger partial charge on any atom is 0.242 e. The van der Waals surface area contributed by atoms with Crippen molar-refractivity contribution in [3.63, 3.8) is 0 Å². The van der Waals surface area contributed by atoms with Crippen molar-refractivity contribution in [2.45, 2.75) is 35.5 Å². The van der Waals surface area contributed by atoms with Gasteiger partial charge in [-0.05, 0) is 157 Å². The monoisotopic (exact) mass is 1570 g/mol. The number of hydrogen-bond acceptors (Lipinski definition) is 6. The Labute approximate surface area is 553 Å². The van der Waals surface area contributed by atoms with Gasteiger partial charge in [0.2, 0.25) is 17.7 Å². The van der Waals surface area contributed by atoms with Gasteiger partial charge in [-0.25, -0.2) is 14.3 Å². The first-order valence-corrected chi connectivity index (χ1v) is 38.1. The standard InChI is InChI=1S/C69H45Br6N6O3P3/c1-40(82)79-76-64(43-13-7-4-8-14-43)37-85(79)67(58-31-46(70)19-25-52(58)53-26-20-47(71)32-59(53)67)86(38-65(77-80(86)41(2)83)44-15-9-5-10-16-44)69(62-35-50(74)23-29-56(62)57-30-24-51(75)36-63(57)69)87(39-66(78-81(87)42(3)84)45-17-11-6-12-18-45)68(85)60-33-48(72)21-27-54(60)55-28-22-49(73)34-61(55)68/h4-39H,1-3H3. The molecule has 0 bridgehead atoms. The maximum absolute atomic E-state index is 16.9. The highest BCUT2D eigenvalue weighted by Gasteiger charge is 2.90. The first kappa shape index (κ1) is 56.4. The van der Waals surface area contributed by atoms with E-state index in [1.807, 2.05) is 68.9 Å². The maximum atomic E-state index is 16.9. The van der Waals surface area contributed by atoms with E-state index in [4.69, 9.17) is 15.3 Å². The molecule has 7 aliphatic rings. The Morgan fingerprint density at radius 2 is 0.506 bits per heavy atom. The molecule has 9 aromatic carbocycles. The Bertz CT molecular complexity index is 4300. The molecule has 87 heavy (non-hydrogen) atoms. The van der Waals surface area contributed by atoms with Gasteiger partial charge in [-0.15, -0.1) is 0 Å². The van der Waals surface area contributed by atoms with Gasteiger partial charge in [0.15, 0.2) is 0 Å². The van der Waals surface area contributed by atoms with Crippen molar-refractivity contribution < 1.29 is 14.4 Å². The summed E-state index contributed by atoms with van der Waals surface area (Å²) in [5.41, 5.74) is 15.0. The van der Waals surface area contributed by atoms with Crippen LogP contribution in [0.5, 0.6) is 0 Å². The molecule has 0 saturated carbocycles. The lowest BCUT2D eigenvalue weighted by atomic mass is 10.1. The summed E-state index contributed by atoms with van der Waals surface area (Å²) in [6.07, 6.45) is 0. The predicted octanol–water partition coefficient (Wildman–Crippen LogP) is 19.2. The zero-order chi connectivity index (χ0) is 59.9. The van der Waals surface area contributed by atoms with Gasteiger partial charge in [0.05, 0.1) is 17.1 Å². The van der Waals surface area contributed by atoms with Crippen LogP contribution in [-0.4, -0.2) is 66.6 Å². The molecule has 9 aromatic rings. The normalized spacial score (nSPS) is 21.9. The van der Waals surface area contributed by atoms with E-state index in [2.05, 4.69) is 259 Å². The van der Waals surface area contributed by atoms with Gasteiger partial charge in [0, 0.05) is 85.4 Å². The number of fused-ring (bicyclic) bond motifs is 21. The van der Waals surface area contributed by atoms with E-state index in [0.717, 1.165) is 110 Å². The number of hydrogen-bond donors (Lipinski definition) is 0. The minimum Gasteiger partial charge on any atom is -0.273 e. The minimum atomic E-state index is -4.39. The molecule has 9 nitrogen and oxygen atoms in total. The fourth-order valence-corrected chi connectivity index (χ4v) is 44.6. The van der Waals surface area contributed by atoms with Gasteiger partial charge < -0.3 is 0 Å². The summed E-state index contributed by atoms with van der Waals surface area (Å²) >= 11 is 24.9. The highest BCUT2D eigenvalue weighted by atomic mass is 79.9. The number of rotatable bonds is 3. The van der Waals surface area contributed by atoms with Crippen LogP contribution in [0.2, 0.25) is 0 Å². The molecule has 0 N–H and O–H groups in total. The number of nitrogens with zero attached hydrogens (tertiary/aromatic N) is 6. The molecule has 0 atom stereocenters. The second-order valence-corrected chi connectivity index (χ2v) is 39.2. The van der Waals surface area contributed by atoms with Crippen molar-refractivity contribution in [2.75, 3.05) is 0 Å². The van der Waals surface area contributed by atoms with E-state index in [0.29, 0.717) is 17.1 Å². The van der Waals surface area contributed by atoms with Crippen LogP contribution >= 0.6 is 117 Å². The van der Waals surface area contributed by atoms with Crippen molar-refractivity contribution in [3.8, 4) is 33.4 Å². The Morgan fingerprint density at radius 3 is 0.690 bits per heavy atom. The van der Waals surface area contributed by atoms with Crippen LogP contribution < -0.4 is 0 Å². The Balaban J connectivity index is 1.36. The van der Waals surface area contributed by atoms with Crippen LogP contribution in [0.25, 0.3) is 33.4 Å². The fourth-order valence-electron chi connectivity index (χ4n) is 16.1. The largest absolute Gasteiger partial charge is 0.273 e. The van der Waals surface area contributed by atoms with Crippen LogP contribution in [-0.2, 0) is 29.1 Å². The van der Waals surface area contributed by atoms with Crippen molar-refractivity contribution in [1.82, 2.24) is 14.3 Å². The molecule has 3 aliphatic carbocycles. The Kier molecular flexibility index (Phi) is 12.9.